The Morgan fingerprint density at radius 3 is 2.64 bits per heavy atom. The van der Waals surface area contributed by atoms with E-state index in [9.17, 15) is 4.79 Å². The molecule has 6 heteroatoms. The van der Waals surface area contributed by atoms with E-state index in [-0.39, 0.29) is 17.1 Å². The molecule has 2 rings (SSSR count). The Labute approximate surface area is 154 Å². The van der Waals surface area contributed by atoms with Crippen LogP contribution in [0.4, 0.5) is 5.69 Å². The molecule has 0 aliphatic heterocycles. The molecule has 1 amide bonds. The first-order valence-electron chi connectivity index (χ1n) is 8.19. The summed E-state index contributed by atoms with van der Waals surface area (Å²) in [5, 5.41) is 3.08. The summed E-state index contributed by atoms with van der Waals surface area (Å²) in [6, 6.07) is 9.26. The number of benzene rings is 1. The van der Waals surface area contributed by atoms with Gasteiger partial charge in [0.15, 0.2) is 5.15 Å². The molecule has 1 aromatic carbocycles. The Hall–Kier alpha value is -2.11. The molecule has 0 aliphatic rings. The normalized spacial score (nSPS) is 12.1. The fourth-order valence-electron chi connectivity index (χ4n) is 2.43. The molecule has 5 nitrogen and oxygen atoms in total. The van der Waals surface area contributed by atoms with Crippen molar-refractivity contribution in [3.05, 3.63) is 52.8 Å². The van der Waals surface area contributed by atoms with Crippen LogP contribution in [-0.4, -0.2) is 42.0 Å². The Balaban J connectivity index is 1.84. The molecule has 1 atom stereocenters. The molecule has 0 radical (unpaired) electrons. The van der Waals surface area contributed by atoms with Crippen LogP contribution >= 0.6 is 11.6 Å². The molecule has 0 aliphatic carbocycles. The van der Waals surface area contributed by atoms with Gasteiger partial charge in [0.2, 0.25) is 5.91 Å². The highest BCUT2D eigenvalue weighted by atomic mass is 35.5. The van der Waals surface area contributed by atoms with Crippen LogP contribution < -0.4 is 10.1 Å². The number of aromatic nitrogens is 1. The van der Waals surface area contributed by atoms with Crippen LogP contribution in [0.15, 0.2) is 36.5 Å². The van der Waals surface area contributed by atoms with Crippen LogP contribution in [0.1, 0.15) is 18.1 Å². The number of amides is 1. The van der Waals surface area contributed by atoms with Gasteiger partial charge in [-0.1, -0.05) is 17.7 Å². The van der Waals surface area contributed by atoms with Crippen LogP contribution in [-0.2, 0) is 4.79 Å². The van der Waals surface area contributed by atoms with E-state index in [2.05, 4.69) is 16.4 Å². The number of rotatable bonds is 7. The first-order valence-corrected chi connectivity index (χ1v) is 8.57. The highest BCUT2D eigenvalue weighted by Crippen LogP contribution is 2.18. The molecular formula is C19H24ClN3O2. The van der Waals surface area contributed by atoms with Crippen molar-refractivity contribution in [1.82, 2.24) is 9.88 Å². The maximum atomic E-state index is 12.3. The van der Waals surface area contributed by atoms with Crippen molar-refractivity contribution in [2.24, 2.45) is 0 Å². The number of carbonyl (C=O) groups excluding carboxylic acids is 1. The van der Waals surface area contributed by atoms with Gasteiger partial charge in [0.05, 0.1) is 11.7 Å². The summed E-state index contributed by atoms with van der Waals surface area (Å²) in [6.07, 6.45) is 1.58. The first-order chi connectivity index (χ1) is 11.9. The van der Waals surface area contributed by atoms with E-state index in [1.165, 1.54) is 11.1 Å². The SMILES string of the molecule is Cc1cc(C)cc(OCCN(C)C(C)C(=O)Nc2cccnc2Cl)c1. The summed E-state index contributed by atoms with van der Waals surface area (Å²) in [4.78, 5) is 18.2. The van der Waals surface area contributed by atoms with E-state index >= 15 is 0 Å². The predicted octanol–water partition coefficient (Wildman–Crippen LogP) is 3.69. The second kappa shape index (κ2) is 8.83. The van der Waals surface area contributed by atoms with Gasteiger partial charge in [0.1, 0.15) is 12.4 Å². The minimum absolute atomic E-state index is 0.135. The zero-order chi connectivity index (χ0) is 18.4. The Kier molecular flexibility index (Phi) is 6.79. The molecule has 0 spiro atoms. The van der Waals surface area contributed by atoms with E-state index in [0.29, 0.717) is 18.8 Å². The van der Waals surface area contributed by atoms with Gasteiger partial charge in [-0.15, -0.1) is 0 Å². The molecule has 134 valence electrons. The lowest BCUT2D eigenvalue weighted by atomic mass is 10.1. The van der Waals surface area contributed by atoms with Crippen molar-refractivity contribution in [1.29, 1.82) is 0 Å². The largest absolute Gasteiger partial charge is 0.492 e. The predicted molar refractivity (Wildman–Crippen MR) is 101 cm³/mol. The average Bonchev–Trinajstić information content (AvgIpc) is 2.55. The van der Waals surface area contributed by atoms with Gasteiger partial charge in [0, 0.05) is 12.7 Å². The maximum Gasteiger partial charge on any atom is 0.241 e. The fraction of sp³-hybridized carbons (Fsp3) is 0.368. The van der Waals surface area contributed by atoms with E-state index in [4.69, 9.17) is 16.3 Å². The van der Waals surface area contributed by atoms with E-state index in [1.807, 2.05) is 44.9 Å². The highest BCUT2D eigenvalue weighted by Gasteiger charge is 2.19. The van der Waals surface area contributed by atoms with Crippen LogP contribution in [0, 0.1) is 13.8 Å². The molecule has 1 N–H and O–H groups in total. The number of aryl methyl sites for hydroxylation is 2. The fourth-order valence-corrected chi connectivity index (χ4v) is 2.60. The summed E-state index contributed by atoms with van der Waals surface area (Å²) in [5.41, 5.74) is 2.86. The highest BCUT2D eigenvalue weighted by molar-refractivity contribution is 6.32. The van der Waals surface area contributed by atoms with E-state index in [0.717, 1.165) is 5.75 Å². The molecule has 1 aromatic heterocycles. The molecular weight excluding hydrogens is 338 g/mol. The first kappa shape index (κ1) is 19.2. The zero-order valence-corrected chi connectivity index (χ0v) is 15.8. The van der Waals surface area contributed by atoms with Crippen LogP contribution in [0.2, 0.25) is 5.15 Å². The molecule has 1 heterocycles. The second-order valence-corrected chi connectivity index (χ2v) is 6.52. The van der Waals surface area contributed by atoms with Crippen molar-refractivity contribution < 1.29 is 9.53 Å². The number of anilines is 1. The lowest BCUT2D eigenvalue weighted by Gasteiger charge is -2.24. The van der Waals surface area contributed by atoms with E-state index < -0.39 is 0 Å². The number of pyridine rings is 1. The van der Waals surface area contributed by atoms with Crippen molar-refractivity contribution >= 4 is 23.2 Å². The molecule has 25 heavy (non-hydrogen) atoms. The quantitative estimate of drug-likeness (QED) is 0.764. The molecule has 2 aromatic rings. The van der Waals surface area contributed by atoms with Crippen molar-refractivity contribution in [2.75, 3.05) is 25.5 Å². The summed E-state index contributed by atoms with van der Waals surface area (Å²) in [6.45, 7) is 7.06. The van der Waals surface area contributed by atoms with Crippen LogP contribution in [0.25, 0.3) is 0 Å². The Morgan fingerprint density at radius 2 is 2.00 bits per heavy atom. The van der Waals surface area contributed by atoms with Gasteiger partial charge < -0.3 is 10.1 Å². The van der Waals surface area contributed by atoms with Gasteiger partial charge in [0.25, 0.3) is 0 Å². The number of hydrogen-bond acceptors (Lipinski definition) is 4. The number of nitrogens with zero attached hydrogens (tertiary/aromatic N) is 2. The van der Waals surface area contributed by atoms with Crippen LogP contribution in [0.5, 0.6) is 5.75 Å². The molecule has 0 bridgehead atoms. The second-order valence-electron chi connectivity index (χ2n) is 6.16. The van der Waals surface area contributed by atoms with Gasteiger partial charge in [-0.25, -0.2) is 4.98 Å². The van der Waals surface area contributed by atoms with Gasteiger partial charge >= 0.3 is 0 Å². The van der Waals surface area contributed by atoms with Gasteiger partial charge in [-0.3, -0.25) is 9.69 Å². The molecule has 0 saturated carbocycles. The maximum absolute atomic E-state index is 12.3. The molecule has 1 unspecified atom stereocenters. The topological polar surface area (TPSA) is 54.5 Å². The average molecular weight is 362 g/mol. The monoisotopic (exact) mass is 361 g/mol. The summed E-state index contributed by atoms with van der Waals surface area (Å²) in [7, 11) is 1.89. The Morgan fingerprint density at radius 1 is 1.32 bits per heavy atom. The van der Waals surface area contributed by atoms with E-state index in [1.54, 1.807) is 18.3 Å². The zero-order valence-electron chi connectivity index (χ0n) is 15.0. The van der Waals surface area contributed by atoms with Crippen molar-refractivity contribution in [3.8, 4) is 5.75 Å². The summed E-state index contributed by atoms with van der Waals surface area (Å²) >= 11 is 5.97. The Bertz CT molecular complexity index is 716. The summed E-state index contributed by atoms with van der Waals surface area (Å²) in [5.74, 6) is 0.717. The third-order valence-electron chi connectivity index (χ3n) is 3.97. The minimum Gasteiger partial charge on any atom is -0.492 e. The number of nitrogens with one attached hydrogen (secondary N) is 1. The number of halogens is 1. The standard InChI is InChI=1S/C19H24ClN3O2/c1-13-10-14(2)12-16(11-13)25-9-8-23(4)15(3)19(24)22-17-6-5-7-21-18(17)20/h5-7,10-12,15H,8-9H2,1-4H3,(H,22,24). The minimum atomic E-state index is -0.320. The third kappa shape index (κ3) is 5.73. The van der Waals surface area contributed by atoms with Crippen molar-refractivity contribution in [3.63, 3.8) is 0 Å². The van der Waals surface area contributed by atoms with Gasteiger partial charge in [-0.2, -0.15) is 0 Å². The number of likely N-dealkylation sites (N-methyl/N-ethyl adjacent to an activating group) is 1. The number of carbonyl (C=O) groups is 1. The molecule has 0 saturated heterocycles. The smallest absolute Gasteiger partial charge is 0.241 e. The third-order valence-corrected chi connectivity index (χ3v) is 4.27. The van der Waals surface area contributed by atoms with Gasteiger partial charge in [-0.05, 0) is 63.2 Å². The number of ether oxygens (including phenoxy) is 1. The lowest BCUT2D eigenvalue weighted by Crippen LogP contribution is -2.41. The van der Waals surface area contributed by atoms with Crippen molar-refractivity contribution in [2.45, 2.75) is 26.8 Å². The van der Waals surface area contributed by atoms with Crippen LogP contribution in [0.3, 0.4) is 0 Å². The number of hydrogen-bond donors (Lipinski definition) is 1. The lowest BCUT2D eigenvalue weighted by molar-refractivity contribution is -0.120. The summed E-state index contributed by atoms with van der Waals surface area (Å²) < 4.78 is 5.80. The molecule has 0 fully saturated rings.